The molecule has 7 nitrogen and oxygen atoms in total. The van der Waals surface area contributed by atoms with E-state index in [0.29, 0.717) is 38.5 Å². The second-order valence-corrected chi connectivity index (χ2v) is 8.68. The minimum atomic E-state index is -0.511. The van der Waals surface area contributed by atoms with Crippen LogP contribution in [0.5, 0.6) is 5.75 Å². The van der Waals surface area contributed by atoms with Crippen LogP contribution in [0, 0.1) is 0 Å². The molecule has 4 rings (SSSR count). The minimum Gasteiger partial charge on any atom is -0.494 e. The highest BCUT2D eigenvalue weighted by Crippen LogP contribution is 2.29. The summed E-state index contributed by atoms with van der Waals surface area (Å²) in [5, 5.41) is 9.25. The number of carbonyl (C=O) groups excluding carboxylic acids is 2. The van der Waals surface area contributed by atoms with E-state index in [1.807, 2.05) is 0 Å². The molecule has 0 radical (unpaired) electrons. The fraction of sp³-hybridized carbons (Fsp3) is 0.0385. The average Bonchev–Trinajstić information content (AvgIpc) is 3.36. The van der Waals surface area contributed by atoms with Crippen LogP contribution in [-0.2, 0) is 0 Å². The highest BCUT2D eigenvalue weighted by Gasteiger charge is 2.16. The van der Waals surface area contributed by atoms with Crippen LogP contribution in [0.25, 0.3) is 11.3 Å². The Balaban J connectivity index is 1.39. The molecule has 2 amide bonds. The van der Waals surface area contributed by atoms with Crippen LogP contribution in [0.15, 0.2) is 83.3 Å². The summed E-state index contributed by atoms with van der Waals surface area (Å²) in [5.74, 6) is 0.115. The lowest BCUT2D eigenvalue weighted by Gasteiger charge is -2.14. The number of nitrogens with one attached hydrogen (secondary N) is 3. The molecule has 0 aliphatic heterocycles. The Morgan fingerprint density at radius 2 is 1.64 bits per heavy atom. The maximum absolute atomic E-state index is 12.6. The van der Waals surface area contributed by atoms with E-state index in [9.17, 15) is 9.59 Å². The molecule has 1 heterocycles. The molecule has 0 aliphatic rings. The highest BCUT2D eigenvalue weighted by atomic mass is 35.5. The summed E-state index contributed by atoms with van der Waals surface area (Å²) in [7, 11) is 1.47. The molecule has 182 valence electrons. The van der Waals surface area contributed by atoms with Crippen molar-refractivity contribution in [2.45, 2.75) is 0 Å². The molecular formula is C26H19Cl2N3O4S. The van der Waals surface area contributed by atoms with Gasteiger partial charge >= 0.3 is 0 Å². The first-order chi connectivity index (χ1) is 17.3. The quantitative estimate of drug-likeness (QED) is 0.238. The van der Waals surface area contributed by atoms with Crippen molar-refractivity contribution in [1.82, 2.24) is 5.32 Å². The number of hydrogen-bond acceptors (Lipinski definition) is 5. The van der Waals surface area contributed by atoms with Gasteiger partial charge in [-0.2, -0.15) is 0 Å². The first-order valence-electron chi connectivity index (χ1n) is 10.6. The molecule has 4 aromatic rings. The number of benzene rings is 3. The molecule has 0 saturated carbocycles. The van der Waals surface area contributed by atoms with Crippen LogP contribution in [0.1, 0.15) is 20.9 Å². The number of thiocarbonyl (C=S) groups is 1. The van der Waals surface area contributed by atoms with Gasteiger partial charge in [0.15, 0.2) is 10.9 Å². The number of anilines is 2. The van der Waals surface area contributed by atoms with E-state index < -0.39 is 5.91 Å². The molecule has 0 spiro atoms. The molecule has 3 aromatic carbocycles. The highest BCUT2D eigenvalue weighted by molar-refractivity contribution is 7.80. The van der Waals surface area contributed by atoms with Gasteiger partial charge in [-0.3, -0.25) is 14.9 Å². The lowest BCUT2D eigenvalue weighted by Crippen LogP contribution is -2.33. The SMILES string of the molecule is COc1cc(NC(=S)NC(=O)c2ccc(-c3ccc(Cl)cc3)o2)ccc1NC(=O)c1ccccc1Cl. The smallest absolute Gasteiger partial charge is 0.293 e. The van der Waals surface area contributed by atoms with Gasteiger partial charge in [-0.15, -0.1) is 0 Å². The third-order valence-electron chi connectivity index (χ3n) is 5.01. The van der Waals surface area contributed by atoms with E-state index in [0.717, 1.165) is 5.56 Å². The zero-order chi connectivity index (χ0) is 25.7. The maximum atomic E-state index is 12.6. The Kier molecular flexibility index (Phi) is 7.90. The lowest BCUT2D eigenvalue weighted by molar-refractivity contribution is 0.0950. The van der Waals surface area contributed by atoms with Crippen molar-refractivity contribution in [3.05, 3.63) is 100 Å². The van der Waals surface area contributed by atoms with Crippen LogP contribution >= 0.6 is 35.4 Å². The summed E-state index contributed by atoms with van der Waals surface area (Å²) >= 11 is 17.3. The number of ether oxygens (including phenoxy) is 1. The third kappa shape index (κ3) is 6.04. The topological polar surface area (TPSA) is 92.6 Å². The molecule has 1 aromatic heterocycles. The van der Waals surface area contributed by atoms with Gasteiger partial charge in [0.25, 0.3) is 11.8 Å². The Morgan fingerprint density at radius 3 is 2.36 bits per heavy atom. The summed E-state index contributed by atoms with van der Waals surface area (Å²) in [4.78, 5) is 25.1. The van der Waals surface area contributed by atoms with Gasteiger partial charge in [0.2, 0.25) is 0 Å². The molecule has 0 atom stereocenters. The van der Waals surface area contributed by atoms with Crippen LogP contribution in [0.4, 0.5) is 11.4 Å². The van der Waals surface area contributed by atoms with E-state index >= 15 is 0 Å². The van der Waals surface area contributed by atoms with Crippen molar-refractivity contribution < 1.29 is 18.7 Å². The van der Waals surface area contributed by atoms with E-state index in [1.165, 1.54) is 7.11 Å². The number of methoxy groups -OCH3 is 1. The number of furan rings is 1. The molecule has 10 heteroatoms. The summed E-state index contributed by atoms with van der Waals surface area (Å²) in [6.07, 6.45) is 0. The molecule has 0 bridgehead atoms. The normalized spacial score (nSPS) is 10.4. The summed E-state index contributed by atoms with van der Waals surface area (Å²) in [5.41, 5.74) is 2.10. The largest absolute Gasteiger partial charge is 0.494 e. The molecule has 0 fully saturated rings. The van der Waals surface area contributed by atoms with Crippen LogP contribution in [0.2, 0.25) is 10.0 Å². The standard InChI is InChI=1S/C26H19Cl2N3O4S/c1-34-23-14-17(10-11-20(23)30-24(32)18-4-2-3-5-19(18)28)29-26(36)31-25(33)22-13-12-21(35-22)15-6-8-16(27)9-7-15/h2-14H,1H3,(H,30,32)(H2,29,31,33,36). The van der Waals surface area contributed by atoms with Gasteiger partial charge in [-0.05, 0) is 72.9 Å². The average molecular weight is 540 g/mol. The van der Waals surface area contributed by atoms with Crippen LogP contribution in [-0.4, -0.2) is 24.0 Å². The minimum absolute atomic E-state index is 0.0550. The second kappa shape index (κ2) is 11.3. The monoisotopic (exact) mass is 539 g/mol. The third-order valence-corrected chi connectivity index (χ3v) is 5.80. The van der Waals surface area contributed by atoms with Crippen molar-refractivity contribution in [1.29, 1.82) is 0 Å². The Labute approximate surface area is 222 Å². The summed E-state index contributed by atoms with van der Waals surface area (Å²) < 4.78 is 11.0. The predicted molar refractivity (Wildman–Crippen MR) is 145 cm³/mol. The van der Waals surface area contributed by atoms with Gasteiger partial charge in [-0.1, -0.05) is 35.3 Å². The van der Waals surface area contributed by atoms with Crippen molar-refractivity contribution in [2.24, 2.45) is 0 Å². The van der Waals surface area contributed by atoms with Gasteiger partial charge in [0.1, 0.15) is 11.5 Å². The zero-order valence-electron chi connectivity index (χ0n) is 18.8. The van der Waals surface area contributed by atoms with E-state index in [2.05, 4.69) is 16.0 Å². The van der Waals surface area contributed by atoms with Crippen LogP contribution in [0.3, 0.4) is 0 Å². The molecule has 36 heavy (non-hydrogen) atoms. The van der Waals surface area contributed by atoms with Crippen molar-refractivity contribution in [3.63, 3.8) is 0 Å². The molecule has 0 aliphatic carbocycles. The molecule has 0 saturated heterocycles. The van der Waals surface area contributed by atoms with E-state index in [1.54, 1.807) is 78.9 Å². The number of rotatable bonds is 6. The van der Waals surface area contributed by atoms with E-state index in [4.69, 9.17) is 44.6 Å². The zero-order valence-corrected chi connectivity index (χ0v) is 21.1. The Morgan fingerprint density at radius 1 is 0.889 bits per heavy atom. The van der Waals surface area contributed by atoms with E-state index in [-0.39, 0.29) is 16.8 Å². The first kappa shape index (κ1) is 25.2. The molecule has 0 unspecified atom stereocenters. The number of hydrogen-bond donors (Lipinski definition) is 3. The predicted octanol–water partition coefficient (Wildman–Crippen LogP) is 6.64. The Hall–Kier alpha value is -3.85. The first-order valence-corrected chi connectivity index (χ1v) is 11.7. The number of amides is 2. The fourth-order valence-corrected chi connectivity index (χ4v) is 3.82. The lowest BCUT2D eigenvalue weighted by atomic mass is 10.2. The van der Waals surface area contributed by atoms with Gasteiger partial charge in [-0.25, -0.2) is 0 Å². The van der Waals surface area contributed by atoms with Gasteiger partial charge in [0.05, 0.1) is 23.4 Å². The van der Waals surface area contributed by atoms with Crippen molar-refractivity contribution in [3.8, 4) is 17.1 Å². The fourth-order valence-electron chi connectivity index (χ4n) is 3.26. The number of halogens is 2. The summed E-state index contributed by atoms with van der Waals surface area (Å²) in [6, 6.07) is 22.0. The number of carbonyl (C=O) groups is 2. The van der Waals surface area contributed by atoms with Crippen molar-refractivity contribution >= 4 is 63.7 Å². The Bertz CT molecular complexity index is 1440. The second-order valence-electron chi connectivity index (χ2n) is 7.43. The van der Waals surface area contributed by atoms with Crippen molar-refractivity contribution in [2.75, 3.05) is 17.7 Å². The maximum Gasteiger partial charge on any atom is 0.293 e. The summed E-state index contributed by atoms with van der Waals surface area (Å²) in [6.45, 7) is 0. The van der Waals surface area contributed by atoms with Gasteiger partial charge < -0.3 is 19.8 Å². The van der Waals surface area contributed by atoms with Crippen LogP contribution < -0.4 is 20.7 Å². The molecular weight excluding hydrogens is 521 g/mol. The van der Waals surface area contributed by atoms with Gasteiger partial charge in [0, 0.05) is 22.3 Å². The molecule has 3 N–H and O–H groups in total.